The summed E-state index contributed by atoms with van der Waals surface area (Å²) >= 11 is 0. The van der Waals surface area contributed by atoms with Crippen LogP contribution in [0.4, 0.5) is 0 Å². The second kappa shape index (κ2) is 5.66. The lowest BCUT2D eigenvalue weighted by atomic mass is 9.64. The normalized spacial score (nSPS) is 35.0. The zero-order chi connectivity index (χ0) is 14.9. The van der Waals surface area contributed by atoms with Gasteiger partial charge in [-0.05, 0) is 49.9 Å². The van der Waals surface area contributed by atoms with Crippen LogP contribution in [0.3, 0.4) is 0 Å². The Bertz CT molecular complexity index is 373. The Morgan fingerprint density at radius 2 is 1.75 bits per heavy atom. The molecule has 2 aliphatic rings. The number of aliphatic hydroxyl groups is 1. The molecule has 2 atom stereocenters. The number of ether oxygens (including phenoxy) is 1. The van der Waals surface area contributed by atoms with Crippen LogP contribution in [0.5, 0.6) is 0 Å². The highest BCUT2D eigenvalue weighted by atomic mass is 16.5. The van der Waals surface area contributed by atoms with Crippen LogP contribution in [0.1, 0.15) is 65.7 Å². The molecule has 2 fully saturated rings. The first-order chi connectivity index (χ1) is 9.33. The molecule has 0 aromatic rings. The van der Waals surface area contributed by atoms with Crippen LogP contribution in [-0.2, 0) is 4.74 Å². The van der Waals surface area contributed by atoms with Crippen molar-refractivity contribution >= 4 is 0 Å². The minimum Gasteiger partial charge on any atom is -0.388 e. The van der Waals surface area contributed by atoms with Gasteiger partial charge in [0.1, 0.15) is 0 Å². The molecule has 3 nitrogen and oxygen atoms in total. The molecule has 1 heterocycles. The molecule has 20 heavy (non-hydrogen) atoms. The second-order valence-corrected chi connectivity index (χ2v) is 7.83. The van der Waals surface area contributed by atoms with Gasteiger partial charge in [0.15, 0.2) is 0 Å². The van der Waals surface area contributed by atoms with E-state index in [1.807, 2.05) is 0 Å². The summed E-state index contributed by atoms with van der Waals surface area (Å²) in [4.78, 5) is 0. The number of rotatable bonds is 1. The molecule has 0 radical (unpaired) electrons. The third kappa shape index (κ3) is 2.87. The van der Waals surface area contributed by atoms with Crippen LogP contribution in [0, 0.1) is 28.1 Å². The summed E-state index contributed by atoms with van der Waals surface area (Å²) in [7, 11) is 0. The molecule has 0 spiro atoms. The van der Waals surface area contributed by atoms with Crippen molar-refractivity contribution in [1.29, 1.82) is 5.26 Å². The Labute approximate surface area is 123 Å². The average molecular weight is 279 g/mol. The van der Waals surface area contributed by atoms with Crippen molar-refractivity contribution in [2.75, 3.05) is 13.2 Å². The van der Waals surface area contributed by atoms with E-state index in [2.05, 4.69) is 26.8 Å². The number of nitrogens with zero attached hydrogens (tertiary/aromatic N) is 1. The van der Waals surface area contributed by atoms with Crippen LogP contribution >= 0.6 is 0 Å². The lowest BCUT2D eigenvalue weighted by molar-refractivity contribution is -0.112. The first-order valence-corrected chi connectivity index (χ1v) is 8.04. The summed E-state index contributed by atoms with van der Waals surface area (Å²) < 4.78 is 5.41. The molecule has 1 saturated carbocycles. The SMILES string of the molecule is CC(C)(C)C1CCCC(O)(C2(C#N)CCOCC2)CC1. The second-order valence-electron chi connectivity index (χ2n) is 7.83. The lowest BCUT2D eigenvalue weighted by Gasteiger charge is -2.45. The van der Waals surface area contributed by atoms with E-state index in [0.717, 1.165) is 25.7 Å². The van der Waals surface area contributed by atoms with E-state index < -0.39 is 11.0 Å². The van der Waals surface area contributed by atoms with Gasteiger partial charge in [-0.3, -0.25) is 0 Å². The van der Waals surface area contributed by atoms with E-state index >= 15 is 0 Å². The molecular formula is C17H29NO2. The molecule has 0 bridgehead atoms. The van der Waals surface area contributed by atoms with Gasteiger partial charge in [0, 0.05) is 13.2 Å². The molecule has 2 rings (SSSR count). The number of hydrogen-bond donors (Lipinski definition) is 1. The van der Waals surface area contributed by atoms with E-state index in [1.54, 1.807) is 0 Å². The molecule has 3 heteroatoms. The van der Waals surface area contributed by atoms with Crippen molar-refractivity contribution in [2.45, 2.75) is 71.3 Å². The van der Waals surface area contributed by atoms with Gasteiger partial charge in [-0.25, -0.2) is 0 Å². The maximum absolute atomic E-state index is 11.2. The topological polar surface area (TPSA) is 53.2 Å². The van der Waals surface area contributed by atoms with Gasteiger partial charge in [0.2, 0.25) is 0 Å². The summed E-state index contributed by atoms with van der Waals surface area (Å²) in [5.74, 6) is 0.645. The van der Waals surface area contributed by atoms with Crippen LogP contribution in [0.15, 0.2) is 0 Å². The Hall–Kier alpha value is -0.590. The van der Waals surface area contributed by atoms with E-state index in [9.17, 15) is 10.4 Å². The fraction of sp³-hybridized carbons (Fsp3) is 0.941. The predicted molar refractivity (Wildman–Crippen MR) is 79.1 cm³/mol. The number of hydrogen-bond acceptors (Lipinski definition) is 3. The standard InChI is InChI=1S/C17H29NO2/c1-15(2,3)14-5-4-7-17(19,8-6-14)16(13-18)9-11-20-12-10-16/h14,19H,4-12H2,1-3H3. The summed E-state index contributed by atoms with van der Waals surface area (Å²) in [6.45, 7) is 8.08. The minimum absolute atomic E-state index is 0.292. The van der Waals surface area contributed by atoms with Crippen molar-refractivity contribution < 1.29 is 9.84 Å². The van der Waals surface area contributed by atoms with E-state index in [0.29, 0.717) is 37.4 Å². The smallest absolute Gasteiger partial charge is 0.0903 e. The minimum atomic E-state index is -0.814. The summed E-state index contributed by atoms with van der Waals surface area (Å²) in [5.41, 5.74) is -1.11. The lowest BCUT2D eigenvalue weighted by Crippen LogP contribution is -2.50. The van der Waals surface area contributed by atoms with E-state index in [1.165, 1.54) is 6.42 Å². The van der Waals surface area contributed by atoms with Crippen LogP contribution in [0.25, 0.3) is 0 Å². The summed E-state index contributed by atoms with van der Waals surface area (Å²) in [5, 5.41) is 20.9. The van der Waals surface area contributed by atoms with Crippen molar-refractivity contribution in [3.8, 4) is 6.07 Å². The monoisotopic (exact) mass is 279 g/mol. The fourth-order valence-corrected chi connectivity index (χ4v) is 4.07. The maximum Gasteiger partial charge on any atom is 0.0903 e. The fourth-order valence-electron chi connectivity index (χ4n) is 4.07. The number of nitriles is 1. The summed E-state index contributed by atoms with van der Waals surface area (Å²) in [6, 6.07) is 2.48. The van der Waals surface area contributed by atoms with Crippen LogP contribution in [0.2, 0.25) is 0 Å². The average Bonchev–Trinajstić information content (AvgIpc) is 2.62. The van der Waals surface area contributed by atoms with Crippen molar-refractivity contribution in [3.05, 3.63) is 0 Å². The quantitative estimate of drug-likeness (QED) is 0.745. The Balaban J connectivity index is 2.16. The van der Waals surface area contributed by atoms with Crippen molar-refractivity contribution in [2.24, 2.45) is 16.7 Å². The third-order valence-corrected chi connectivity index (χ3v) is 5.73. The molecule has 2 unspecified atom stereocenters. The first kappa shape index (κ1) is 15.8. The van der Waals surface area contributed by atoms with Gasteiger partial charge >= 0.3 is 0 Å². The van der Waals surface area contributed by atoms with Gasteiger partial charge < -0.3 is 9.84 Å². The first-order valence-electron chi connectivity index (χ1n) is 8.04. The largest absolute Gasteiger partial charge is 0.388 e. The van der Waals surface area contributed by atoms with Crippen molar-refractivity contribution in [3.63, 3.8) is 0 Å². The molecule has 114 valence electrons. The molecular weight excluding hydrogens is 250 g/mol. The summed E-state index contributed by atoms with van der Waals surface area (Å²) in [6.07, 6.45) is 6.13. The Morgan fingerprint density at radius 3 is 2.30 bits per heavy atom. The van der Waals surface area contributed by atoms with Gasteiger partial charge in [0.25, 0.3) is 0 Å². The molecule has 0 aromatic heterocycles. The Morgan fingerprint density at radius 1 is 1.10 bits per heavy atom. The highest BCUT2D eigenvalue weighted by Gasteiger charge is 2.52. The van der Waals surface area contributed by atoms with Crippen molar-refractivity contribution in [1.82, 2.24) is 0 Å². The zero-order valence-corrected chi connectivity index (χ0v) is 13.2. The van der Waals surface area contributed by atoms with Gasteiger partial charge in [-0.15, -0.1) is 0 Å². The molecule has 1 aliphatic heterocycles. The molecule has 0 amide bonds. The van der Waals surface area contributed by atoms with E-state index in [4.69, 9.17) is 4.74 Å². The van der Waals surface area contributed by atoms with Gasteiger partial charge in [0.05, 0.1) is 17.1 Å². The molecule has 1 saturated heterocycles. The molecule has 1 N–H and O–H groups in total. The molecule has 1 aliphatic carbocycles. The Kier molecular flexibility index (Phi) is 4.47. The molecule has 0 aromatic carbocycles. The third-order valence-electron chi connectivity index (χ3n) is 5.73. The highest BCUT2D eigenvalue weighted by molar-refractivity contribution is 5.13. The van der Waals surface area contributed by atoms with Gasteiger partial charge in [-0.1, -0.05) is 27.2 Å². The zero-order valence-electron chi connectivity index (χ0n) is 13.2. The van der Waals surface area contributed by atoms with E-state index in [-0.39, 0.29) is 0 Å². The van der Waals surface area contributed by atoms with Gasteiger partial charge in [-0.2, -0.15) is 5.26 Å². The predicted octanol–water partition coefficient (Wildman–Crippen LogP) is 3.66. The maximum atomic E-state index is 11.2. The van der Waals surface area contributed by atoms with Crippen LogP contribution in [-0.4, -0.2) is 23.9 Å². The highest BCUT2D eigenvalue weighted by Crippen LogP contribution is 2.50. The van der Waals surface area contributed by atoms with Crippen LogP contribution < -0.4 is 0 Å².